The lowest BCUT2D eigenvalue weighted by Gasteiger charge is -2.08. The number of hydrogen-bond acceptors (Lipinski definition) is 4. The third kappa shape index (κ3) is 3.49. The number of nitrogens with one attached hydrogen (secondary N) is 1. The zero-order chi connectivity index (χ0) is 14.7. The van der Waals surface area contributed by atoms with E-state index in [1.54, 1.807) is 0 Å². The Balaban J connectivity index is 1.96. The van der Waals surface area contributed by atoms with Crippen molar-refractivity contribution in [3.05, 3.63) is 44.4 Å². The van der Waals surface area contributed by atoms with Crippen molar-refractivity contribution >= 4 is 28.8 Å². The van der Waals surface area contributed by atoms with Crippen molar-refractivity contribution in [1.82, 2.24) is 4.98 Å². The molecule has 3 N–H and O–H groups in total. The summed E-state index contributed by atoms with van der Waals surface area (Å²) in [5.74, 6) is 0.898. The molecule has 0 saturated heterocycles. The van der Waals surface area contributed by atoms with Crippen LogP contribution in [0.1, 0.15) is 21.1 Å². The minimum atomic E-state index is 0.0701. The zero-order valence-electron chi connectivity index (χ0n) is 11.4. The van der Waals surface area contributed by atoms with E-state index in [4.69, 9.17) is 27.5 Å². The van der Waals surface area contributed by atoms with Crippen LogP contribution in [-0.2, 0) is 6.42 Å². The SMILES string of the molecule is Cc1cc(Cl)ccc1OCCc1nc(C)c(C(=N)N)s1. The van der Waals surface area contributed by atoms with Gasteiger partial charge < -0.3 is 10.5 Å². The van der Waals surface area contributed by atoms with Crippen LogP contribution in [0.25, 0.3) is 0 Å². The molecule has 1 aromatic carbocycles. The fourth-order valence-electron chi connectivity index (χ4n) is 1.83. The highest BCUT2D eigenvalue weighted by Crippen LogP contribution is 2.22. The monoisotopic (exact) mass is 309 g/mol. The summed E-state index contributed by atoms with van der Waals surface area (Å²) in [7, 11) is 0. The van der Waals surface area contributed by atoms with E-state index in [0.29, 0.717) is 18.1 Å². The van der Waals surface area contributed by atoms with E-state index >= 15 is 0 Å². The van der Waals surface area contributed by atoms with E-state index < -0.39 is 0 Å². The van der Waals surface area contributed by atoms with Gasteiger partial charge in [-0.3, -0.25) is 5.41 Å². The molecule has 0 radical (unpaired) electrons. The molecule has 0 aliphatic rings. The fourth-order valence-corrected chi connectivity index (χ4v) is 2.97. The molecule has 0 spiro atoms. The Kier molecular flexibility index (Phi) is 4.62. The quantitative estimate of drug-likeness (QED) is 0.657. The molecular formula is C14H16ClN3OS. The first-order valence-corrected chi connectivity index (χ1v) is 7.36. The number of thiazole rings is 1. The number of nitrogens with zero attached hydrogens (tertiary/aromatic N) is 1. The fraction of sp³-hybridized carbons (Fsp3) is 0.286. The number of rotatable bonds is 5. The molecule has 0 amide bonds. The molecule has 4 nitrogen and oxygen atoms in total. The second kappa shape index (κ2) is 6.24. The van der Waals surface area contributed by atoms with E-state index in [1.807, 2.05) is 32.0 Å². The maximum Gasteiger partial charge on any atom is 0.135 e. The van der Waals surface area contributed by atoms with Crippen molar-refractivity contribution in [3.8, 4) is 5.75 Å². The molecule has 2 aromatic rings. The van der Waals surface area contributed by atoms with Crippen LogP contribution < -0.4 is 10.5 Å². The lowest BCUT2D eigenvalue weighted by molar-refractivity contribution is 0.319. The van der Waals surface area contributed by atoms with Gasteiger partial charge in [0.05, 0.1) is 22.2 Å². The Morgan fingerprint density at radius 1 is 1.45 bits per heavy atom. The Morgan fingerprint density at radius 3 is 2.80 bits per heavy atom. The average molecular weight is 310 g/mol. The van der Waals surface area contributed by atoms with Crippen molar-refractivity contribution in [3.63, 3.8) is 0 Å². The number of aryl methyl sites for hydroxylation is 2. The molecule has 0 saturated carbocycles. The molecule has 2 rings (SSSR count). The van der Waals surface area contributed by atoms with Crippen LogP contribution in [0, 0.1) is 19.3 Å². The third-order valence-electron chi connectivity index (χ3n) is 2.80. The summed E-state index contributed by atoms with van der Waals surface area (Å²) in [4.78, 5) is 5.13. The van der Waals surface area contributed by atoms with Crippen molar-refractivity contribution < 1.29 is 4.74 Å². The molecule has 0 bridgehead atoms. The second-order valence-corrected chi connectivity index (χ2v) is 5.96. The number of halogens is 1. The van der Waals surface area contributed by atoms with Gasteiger partial charge in [0.2, 0.25) is 0 Å². The van der Waals surface area contributed by atoms with Crippen LogP contribution in [0.2, 0.25) is 5.02 Å². The number of aromatic nitrogens is 1. The van der Waals surface area contributed by atoms with Crippen LogP contribution in [-0.4, -0.2) is 17.4 Å². The van der Waals surface area contributed by atoms with Crippen molar-refractivity contribution in [1.29, 1.82) is 5.41 Å². The summed E-state index contributed by atoms with van der Waals surface area (Å²) in [5.41, 5.74) is 7.31. The molecule has 1 heterocycles. The molecule has 0 atom stereocenters. The normalized spacial score (nSPS) is 10.6. The van der Waals surface area contributed by atoms with Crippen molar-refractivity contribution in [2.24, 2.45) is 5.73 Å². The van der Waals surface area contributed by atoms with Gasteiger partial charge in [-0.2, -0.15) is 0 Å². The third-order valence-corrected chi connectivity index (χ3v) is 4.28. The number of ether oxygens (including phenoxy) is 1. The van der Waals surface area contributed by atoms with Gasteiger partial charge in [-0.25, -0.2) is 4.98 Å². The van der Waals surface area contributed by atoms with E-state index in [1.165, 1.54) is 11.3 Å². The second-order valence-electron chi connectivity index (χ2n) is 4.44. The first-order chi connectivity index (χ1) is 9.47. The van der Waals surface area contributed by atoms with Gasteiger partial charge in [-0.15, -0.1) is 11.3 Å². The van der Waals surface area contributed by atoms with E-state index in [0.717, 1.165) is 26.9 Å². The summed E-state index contributed by atoms with van der Waals surface area (Å²) in [6.45, 7) is 4.36. The molecule has 20 heavy (non-hydrogen) atoms. The summed E-state index contributed by atoms with van der Waals surface area (Å²) in [5, 5.41) is 9.09. The molecule has 6 heteroatoms. The number of nitrogen functional groups attached to an aromatic ring is 1. The first-order valence-electron chi connectivity index (χ1n) is 6.17. The topological polar surface area (TPSA) is 72.0 Å². The van der Waals surface area contributed by atoms with Gasteiger partial charge in [0.1, 0.15) is 11.6 Å². The van der Waals surface area contributed by atoms with Crippen LogP contribution in [0.3, 0.4) is 0 Å². The zero-order valence-corrected chi connectivity index (χ0v) is 12.9. The predicted molar refractivity (Wildman–Crippen MR) is 83.3 cm³/mol. The van der Waals surface area contributed by atoms with Gasteiger partial charge >= 0.3 is 0 Å². The highest BCUT2D eigenvalue weighted by atomic mass is 35.5. The molecule has 106 valence electrons. The molecule has 0 unspecified atom stereocenters. The van der Waals surface area contributed by atoms with Gasteiger partial charge in [-0.05, 0) is 37.6 Å². The lowest BCUT2D eigenvalue weighted by atomic mass is 10.2. The Bertz CT molecular complexity index is 639. The molecule has 1 aromatic heterocycles. The summed E-state index contributed by atoms with van der Waals surface area (Å²) < 4.78 is 5.73. The van der Waals surface area contributed by atoms with Crippen LogP contribution >= 0.6 is 22.9 Å². The highest BCUT2D eigenvalue weighted by Gasteiger charge is 2.10. The highest BCUT2D eigenvalue weighted by molar-refractivity contribution is 7.13. The lowest BCUT2D eigenvalue weighted by Crippen LogP contribution is -2.10. The van der Waals surface area contributed by atoms with Gasteiger partial charge in [0, 0.05) is 11.4 Å². The summed E-state index contributed by atoms with van der Waals surface area (Å²) in [6.07, 6.45) is 0.695. The summed E-state index contributed by atoms with van der Waals surface area (Å²) >= 11 is 7.35. The Morgan fingerprint density at radius 2 is 2.20 bits per heavy atom. The molecule has 0 aliphatic carbocycles. The minimum absolute atomic E-state index is 0.0701. The van der Waals surface area contributed by atoms with Crippen LogP contribution in [0.15, 0.2) is 18.2 Å². The van der Waals surface area contributed by atoms with E-state index in [9.17, 15) is 0 Å². The molecule has 0 fully saturated rings. The molecular weight excluding hydrogens is 294 g/mol. The maximum absolute atomic E-state index is 7.45. The number of amidine groups is 1. The van der Waals surface area contributed by atoms with Gasteiger partial charge in [-0.1, -0.05) is 11.6 Å². The van der Waals surface area contributed by atoms with Crippen LogP contribution in [0.5, 0.6) is 5.75 Å². The van der Waals surface area contributed by atoms with Gasteiger partial charge in [0.15, 0.2) is 0 Å². The van der Waals surface area contributed by atoms with Gasteiger partial charge in [0.25, 0.3) is 0 Å². The Hall–Kier alpha value is -1.59. The van der Waals surface area contributed by atoms with Crippen molar-refractivity contribution in [2.75, 3.05) is 6.61 Å². The maximum atomic E-state index is 7.45. The molecule has 0 aliphatic heterocycles. The predicted octanol–water partition coefficient (Wildman–Crippen LogP) is 3.32. The smallest absolute Gasteiger partial charge is 0.135 e. The summed E-state index contributed by atoms with van der Waals surface area (Å²) in [6, 6.07) is 5.55. The first kappa shape index (κ1) is 14.8. The number of hydrogen-bond donors (Lipinski definition) is 2. The number of nitrogens with two attached hydrogens (primary N) is 1. The largest absolute Gasteiger partial charge is 0.493 e. The average Bonchev–Trinajstić information content (AvgIpc) is 2.73. The van der Waals surface area contributed by atoms with Crippen LogP contribution in [0.4, 0.5) is 0 Å². The standard InChI is InChI=1S/C14H16ClN3OS/c1-8-7-10(15)3-4-11(8)19-6-5-12-18-9(2)13(20-12)14(16)17/h3-4,7H,5-6H2,1-2H3,(H3,16,17). The van der Waals surface area contributed by atoms with E-state index in [-0.39, 0.29) is 5.84 Å². The number of benzene rings is 1. The van der Waals surface area contributed by atoms with E-state index in [2.05, 4.69) is 4.98 Å². The minimum Gasteiger partial charge on any atom is -0.493 e. The van der Waals surface area contributed by atoms with Crippen molar-refractivity contribution in [2.45, 2.75) is 20.3 Å². The Labute approximate surface area is 127 Å².